The van der Waals surface area contributed by atoms with Crippen LogP contribution in [0, 0.1) is 0 Å². The van der Waals surface area contributed by atoms with Gasteiger partial charge in [0.1, 0.15) is 5.60 Å². The van der Waals surface area contributed by atoms with E-state index in [9.17, 15) is 15.0 Å². The number of primary amides is 1. The molecule has 2 aromatic heterocycles. The highest BCUT2D eigenvalue weighted by Gasteiger charge is 2.36. The number of hydrogen-bond donors (Lipinski definition) is 3. The van der Waals surface area contributed by atoms with Crippen LogP contribution in [0.3, 0.4) is 0 Å². The maximum atomic E-state index is 11.9. The van der Waals surface area contributed by atoms with Crippen LogP contribution >= 0.6 is 22.9 Å². The zero-order valence-corrected chi connectivity index (χ0v) is 18.1. The number of carbonyl (C=O) groups is 1. The summed E-state index contributed by atoms with van der Waals surface area (Å²) < 4.78 is 7.53. The predicted molar refractivity (Wildman–Crippen MR) is 108 cm³/mol. The Kier molecular flexibility index (Phi) is 6.44. The first-order chi connectivity index (χ1) is 13.7. The number of carbonyl (C=O) groups excluding carboxylic acids is 1. The zero-order chi connectivity index (χ0) is 21.3. The maximum Gasteiger partial charge on any atom is 0.284 e. The molecule has 0 spiro atoms. The Hall–Kier alpha value is -1.79. The van der Waals surface area contributed by atoms with E-state index >= 15 is 0 Å². The average molecular weight is 445 g/mol. The molecule has 1 fully saturated rings. The van der Waals surface area contributed by atoms with Crippen molar-refractivity contribution in [1.29, 1.82) is 0 Å². The molecule has 29 heavy (non-hydrogen) atoms. The molecule has 1 aliphatic rings. The first-order valence-electron chi connectivity index (χ1n) is 9.24. The molecule has 12 heteroatoms. The Bertz CT molecular complexity index is 885. The lowest BCUT2D eigenvalue weighted by molar-refractivity contribution is -0.00294. The maximum absolute atomic E-state index is 11.9. The monoisotopic (exact) mass is 444 g/mol. The quantitative estimate of drug-likeness (QED) is 0.567. The summed E-state index contributed by atoms with van der Waals surface area (Å²) in [5, 5.41) is 28.9. The van der Waals surface area contributed by atoms with Crippen LogP contribution in [0.2, 0.25) is 5.15 Å². The van der Waals surface area contributed by atoms with Crippen LogP contribution < -0.4 is 10.6 Å². The lowest BCUT2D eigenvalue weighted by atomic mass is 10.0. The number of nitrogens with zero attached hydrogens (tertiary/aromatic N) is 5. The molecule has 0 aliphatic carbocycles. The molecule has 1 aliphatic heterocycles. The number of imidazole rings is 1. The molecule has 3 rings (SSSR count). The van der Waals surface area contributed by atoms with Gasteiger partial charge in [0.05, 0.1) is 24.4 Å². The number of halogens is 1. The first kappa shape index (κ1) is 21.9. The molecule has 1 amide bonds. The Morgan fingerprint density at radius 2 is 2.21 bits per heavy atom. The fourth-order valence-electron chi connectivity index (χ4n) is 3.52. The Balaban J connectivity index is 1.87. The molecule has 0 saturated carbocycles. The van der Waals surface area contributed by atoms with Crippen LogP contribution in [0.15, 0.2) is 0 Å². The van der Waals surface area contributed by atoms with Crippen molar-refractivity contribution in [2.75, 3.05) is 31.7 Å². The van der Waals surface area contributed by atoms with Crippen LogP contribution in [0.5, 0.6) is 0 Å². The van der Waals surface area contributed by atoms with E-state index in [2.05, 4.69) is 15.2 Å². The molecule has 3 atom stereocenters. The normalized spacial score (nSPS) is 21.9. The zero-order valence-electron chi connectivity index (χ0n) is 16.5. The molecule has 0 aromatic carbocycles. The van der Waals surface area contributed by atoms with Crippen molar-refractivity contribution < 1.29 is 19.7 Å². The second kappa shape index (κ2) is 8.52. The molecule has 3 heterocycles. The molecular formula is C17H25ClN6O4S. The fourth-order valence-corrected chi connectivity index (χ4v) is 4.74. The van der Waals surface area contributed by atoms with Crippen molar-refractivity contribution in [3.05, 3.63) is 21.7 Å². The van der Waals surface area contributed by atoms with Crippen LogP contribution in [0.4, 0.5) is 5.13 Å². The number of methoxy groups -OCH3 is 1. The van der Waals surface area contributed by atoms with Gasteiger partial charge in [0, 0.05) is 20.2 Å². The van der Waals surface area contributed by atoms with Crippen LogP contribution in [0.1, 0.15) is 47.6 Å². The minimum atomic E-state index is -1.44. The largest absolute Gasteiger partial charge is 0.393 e. The minimum Gasteiger partial charge on any atom is -0.393 e. The number of rotatable bonds is 7. The molecule has 0 unspecified atom stereocenters. The van der Waals surface area contributed by atoms with Crippen molar-refractivity contribution in [3.63, 3.8) is 0 Å². The standard InChI is InChI=1S/C17H25ClN6O4S/c1-4-9-12(18)20-14(13(19)26)24(9)10-5-6-23(7-11(10)28-3)16-22-21-15(29-16)17(2,27)8-25/h10-11,25,27H,4-8H2,1-3H3,(H2,19,26)/t10-,11+,17-/m1/s1. The number of aliphatic hydroxyl groups is 2. The highest BCUT2D eigenvalue weighted by atomic mass is 35.5. The third kappa shape index (κ3) is 4.10. The molecule has 0 bridgehead atoms. The van der Waals surface area contributed by atoms with Gasteiger partial charge in [-0.05, 0) is 19.8 Å². The summed E-state index contributed by atoms with van der Waals surface area (Å²) >= 11 is 7.46. The molecule has 2 aromatic rings. The second-order valence-corrected chi connectivity index (χ2v) is 8.47. The van der Waals surface area contributed by atoms with Gasteiger partial charge in [-0.1, -0.05) is 29.9 Å². The number of aromatic nitrogens is 4. The fraction of sp³-hybridized carbons (Fsp3) is 0.647. The van der Waals surface area contributed by atoms with Gasteiger partial charge in [-0.3, -0.25) is 4.79 Å². The molecule has 1 saturated heterocycles. The third-order valence-corrected chi connectivity index (χ3v) is 6.67. The van der Waals surface area contributed by atoms with Crippen LogP contribution in [-0.2, 0) is 16.8 Å². The van der Waals surface area contributed by atoms with Gasteiger partial charge in [-0.2, -0.15) is 0 Å². The number of piperidine rings is 1. The Labute approximate surface area is 177 Å². The van der Waals surface area contributed by atoms with Crippen molar-refractivity contribution in [3.8, 4) is 0 Å². The van der Waals surface area contributed by atoms with Crippen molar-refractivity contribution in [2.24, 2.45) is 5.73 Å². The number of anilines is 1. The summed E-state index contributed by atoms with van der Waals surface area (Å²) in [5.74, 6) is -0.506. The van der Waals surface area contributed by atoms with E-state index in [4.69, 9.17) is 22.1 Å². The molecule has 160 valence electrons. The van der Waals surface area contributed by atoms with E-state index in [1.807, 2.05) is 11.8 Å². The predicted octanol–water partition coefficient (Wildman–Crippen LogP) is 0.715. The van der Waals surface area contributed by atoms with Gasteiger partial charge >= 0.3 is 0 Å². The lowest BCUT2D eigenvalue weighted by Crippen LogP contribution is -2.46. The summed E-state index contributed by atoms with van der Waals surface area (Å²) in [5.41, 5.74) is 4.84. The van der Waals surface area contributed by atoms with Gasteiger partial charge in [0.2, 0.25) is 11.0 Å². The topological polar surface area (TPSA) is 140 Å². The van der Waals surface area contributed by atoms with Gasteiger partial charge in [-0.25, -0.2) is 4.98 Å². The van der Waals surface area contributed by atoms with Crippen LogP contribution in [0.25, 0.3) is 0 Å². The lowest BCUT2D eigenvalue weighted by Gasteiger charge is -2.39. The summed E-state index contributed by atoms with van der Waals surface area (Å²) in [6.07, 6.45) is 0.971. The third-order valence-electron chi connectivity index (χ3n) is 5.13. The number of nitrogens with two attached hydrogens (primary N) is 1. The highest BCUT2D eigenvalue weighted by molar-refractivity contribution is 7.15. The SMILES string of the molecule is CCc1c(Cl)nc(C(N)=O)n1[C@@H]1CCN(c2nnc([C@](C)(O)CO)s2)C[C@@H]1OC. The van der Waals surface area contributed by atoms with Crippen LogP contribution in [-0.4, -0.2) is 68.8 Å². The number of aliphatic hydroxyl groups excluding tert-OH is 1. The minimum absolute atomic E-state index is 0.129. The van der Waals surface area contributed by atoms with Crippen molar-refractivity contribution >= 4 is 34.0 Å². The second-order valence-electron chi connectivity index (χ2n) is 7.16. The van der Waals surface area contributed by atoms with Crippen molar-refractivity contribution in [2.45, 2.75) is 44.4 Å². The Morgan fingerprint density at radius 1 is 1.48 bits per heavy atom. The molecule has 10 nitrogen and oxygen atoms in total. The summed E-state index contributed by atoms with van der Waals surface area (Å²) in [7, 11) is 1.61. The molecule has 4 N–H and O–H groups in total. The van der Waals surface area contributed by atoms with E-state index < -0.39 is 18.1 Å². The first-order valence-corrected chi connectivity index (χ1v) is 10.4. The van der Waals surface area contributed by atoms with E-state index in [0.29, 0.717) is 36.1 Å². The van der Waals surface area contributed by atoms with E-state index in [-0.39, 0.29) is 23.1 Å². The smallest absolute Gasteiger partial charge is 0.284 e. The number of hydrogen-bond acceptors (Lipinski definition) is 9. The molecular weight excluding hydrogens is 420 g/mol. The van der Waals surface area contributed by atoms with Crippen molar-refractivity contribution in [1.82, 2.24) is 19.7 Å². The summed E-state index contributed by atoms with van der Waals surface area (Å²) in [4.78, 5) is 18.1. The van der Waals surface area contributed by atoms with E-state index in [1.54, 1.807) is 11.7 Å². The van der Waals surface area contributed by atoms with Gasteiger partial charge in [0.15, 0.2) is 10.2 Å². The summed E-state index contributed by atoms with van der Waals surface area (Å²) in [6.45, 7) is 4.10. The molecule has 0 radical (unpaired) electrons. The van der Waals surface area contributed by atoms with E-state index in [0.717, 1.165) is 5.69 Å². The average Bonchev–Trinajstić information content (AvgIpc) is 3.32. The summed E-state index contributed by atoms with van der Waals surface area (Å²) in [6, 6.07) is -0.165. The number of amides is 1. The number of ether oxygens (including phenoxy) is 1. The van der Waals surface area contributed by atoms with Gasteiger partial charge in [-0.15, -0.1) is 10.2 Å². The highest BCUT2D eigenvalue weighted by Crippen LogP contribution is 2.35. The van der Waals surface area contributed by atoms with E-state index in [1.165, 1.54) is 18.3 Å². The van der Waals surface area contributed by atoms with Gasteiger partial charge in [0.25, 0.3) is 5.91 Å². The Morgan fingerprint density at radius 3 is 2.79 bits per heavy atom. The van der Waals surface area contributed by atoms with Gasteiger partial charge < -0.3 is 30.2 Å².